The van der Waals surface area contributed by atoms with Crippen molar-refractivity contribution in [3.63, 3.8) is 0 Å². The van der Waals surface area contributed by atoms with Gasteiger partial charge in [-0.25, -0.2) is 0 Å². The highest BCUT2D eigenvalue weighted by Gasteiger charge is 2.72. The zero-order valence-corrected chi connectivity index (χ0v) is 28.1. The van der Waals surface area contributed by atoms with Gasteiger partial charge < -0.3 is 15.2 Å². The highest BCUT2D eigenvalue weighted by Crippen LogP contribution is 2.77. The fourth-order valence-electron chi connectivity index (χ4n) is 13.3. The van der Waals surface area contributed by atoms with Crippen LogP contribution in [0.1, 0.15) is 119 Å². The number of aliphatic hydroxyl groups excluding tert-OH is 1. The van der Waals surface area contributed by atoms with Gasteiger partial charge in [0.25, 0.3) is 0 Å². The van der Waals surface area contributed by atoms with Crippen LogP contribution in [0.15, 0.2) is 24.3 Å². The Hall–Kier alpha value is -1.62. The summed E-state index contributed by atoms with van der Waals surface area (Å²) in [7, 11) is 0. The Morgan fingerprint density at radius 3 is 2.28 bits per heavy atom. The molecular weight excluding hydrogens is 534 g/mol. The molecule has 0 bridgehead atoms. The highest BCUT2D eigenvalue weighted by atomic mass is 16.5. The molecule has 0 spiro atoms. The zero-order valence-electron chi connectivity index (χ0n) is 28.1. The molecule has 0 aliphatic heterocycles. The lowest BCUT2D eigenvalue weighted by atomic mass is 9.32. The lowest BCUT2D eigenvalue weighted by molar-refractivity contribution is -0.248. The molecule has 0 heterocycles. The first-order chi connectivity index (χ1) is 20.1. The minimum absolute atomic E-state index is 0.00495. The van der Waals surface area contributed by atoms with Gasteiger partial charge in [0.2, 0.25) is 5.91 Å². The second-order valence-electron chi connectivity index (χ2n) is 17.4. The van der Waals surface area contributed by atoms with Gasteiger partial charge in [0.15, 0.2) is 0 Å². The van der Waals surface area contributed by atoms with Crippen LogP contribution < -0.4 is 5.32 Å². The van der Waals surface area contributed by atoms with Gasteiger partial charge >= 0.3 is 5.97 Å². The van der Waals surface area contributed by atoms with Crippen LogP contribution in [0, 0.1) is 62.6 Å². The van der Waals surface area contributed by atoms with Crippen LogP contribution in [0.2, 0.25) is 0 Å². The van der Waals surface area contributed by atoms with Crippen LogP contribution in [0.5, 0.6) is 0 Å². The molecule has 0 aromatic heterocycles. The van der Waals surface area contributed by atoms with Crippen molar-refractivity contribution in [2.45, 2.75) is 131 Å². The average Bonchev–Trinajstić information content (AvgIpc) is 3.56. The molecule has 2 N–H and O–H groups in total. The van der Waals surface area contributed by atoms with E-state index in [9.17, 15) is 14.7 Å². The van der Waals surface area contributed by atoms with Crippen LogP contribution >= 0.6 is 0 Å². The summed E-state index contributed by atoms with van der Waals surface area (Å²) < 4.78 is 5.94. The van der Waals surface area contributed by atoms with E-state index in [0.29, 0.717) is 29.6 Å². The van der Waals surface area contributed by atoms with Crippen LogP contribution in [0.4, 0.5) is 0 Å². The summed E-state index contributed by atoms with van der Waals surface area (Å²) in [6, 6.07) is 0.0332. The molecule has 0 aromatic carbocycles. The smallest absolute Gasteiger partial charge is 0.302 e. The number of ether oxygens (including phenoxy) is 1. The molecule has 2 unspecified atom stereocenters. The number of carbonyl (C=O) groups excluding carboxylic acids is 2. The maximum absolute atomic E-state index is 14.4. The van der Waals surface area contributed by atoms with E-state index < -0.39 is 0 Å². The zero-order chi connectivity index (χ0) is 31.2. The van der Waals surface area contributed by atoms with E-state index in [2.05, 4.69) is 65.6 Å². The van der Waals surface area contributed by atoms with Gasteiger partial charge in [-0.3, -0.25) is 9.59 Å². The number of hydrogen-bond donors (Lipinski definition) is 2. The van der Waals surface area contributed by atoms with Crippen molar-refractivity contribution in [3.05, 3.63) is 24.3 Å². The van der Waals surface area contributed by atoms with Crippen molar-refractivity contribution >= 4 is 11.9 Å². The van der Waals surface area contributed by atoms with E-state index >= 15 is 0 Å². The molecule has 5 heteroatoms. The van der Waals surface area contributed by atoms with E-state index in [0.717, 1.165) is 44.9 Å². The monoisotopic (exact) mass is 593 g/mol. The third kappa shape index (κ3) is 4.39. The highest BCUT2D eigenvalue weighted by molar-refractivity contribution is 5.84. The molecule has 5 fully saturated rings. The maximum atomic E-state index is 14.4. The number of rotatable bonds is 5. The van der Waals surface area contributed by atoms with E-state index in [-0.39, 0.29) is 63.6 Å². The lowest BCUT2D eigenvalue weighted by Crippen LogP contribution is -2.67. The molecule has 0 saturated heterocycles. The standard InChI is InChI=1S/C38H59NO4/c1-23(2)27-13-18-38(33(42)39-26-10-9-25(21-26)22-40)20-19-36(7)28(32(27)38)11-12-30-35(6)16-15-31(43-24(3)41)34(4,5)29(35)14-17-37(30,36)8/h9-10,25-32,40H,1,11-22H2,2-8H3,(H,39,42)/t25?,26?,27-,28+,29-,30+,31-,32+,35-,36+,37+,38-/m0/s1. The summed E-state index contributed by atoms with van der Waals surface area (Å²) in [4.78, 5) is 26.4. The molecule has 1 amide bonds. The normalized spacial score (nSPS) is 49.7. The predicted octanol–water partition coefficient (Wildman–Crippen LogP) is 7.63. The molecule has 6 rings (SSSR count). The SMILES string of the molecule is C=C(C)[C@@H]1CC[C@]2(C(=O)NC3C=CC(CO)C3)CC[C@]3(C)[C@H](CC[C@@H]4[C@@]5(C)CC[C@H](OC(C)=O)C(C)(C)[C@@H]5CC[C@]43C)[C@@H]12. The van der Waals surface area contributed by atoms with E-state index in [1.807, 2.05) is 0 Å². The predicted molar refractivity (Wildman–Crippen MR) is 171 cm³/mol. The number of hydrogen-bond acceptors (Lipinski definition) is 4. The van der Waals surface area contributed by atoms with E-state index in [1.54, 1.807) is 6.92 Å². The van der Waals surface area contributed by atoms with E-state index in [4.69, 9.17) is 4.74 Å². The summed E-state index contributed by atoms with van der Waals surface area (Å²) in [6.07, 6.45) is 16.1. The lowest BCUT2D eigenvalue weighted by Gasteiger charge is -2.72. The molecule has 5 nitrogen and oxygen atoms in total. The summed E-state index contributed by atoms with van der Waals surface area (Å²) >= 11 is 0. The van der Waals surface area contributed by atoms with Crippen LogP contribution in [0.3, 0.4) is 0 Å². The minimum Gasteiger partial charge on any atom is -0.462 e. The van der Waals surface area contributed by atoms with Gasteiger partial charge in [0, 0.05) is 30.9 Å². The van der Waals surface area contributed by atoms with Gasteiger partial charge in [0.1, 0.15) is 6.10 Å². The van der Waals surface area contributed by atoms with Gasteiger partial charge in [-0.05, 0) is 123 Å². The summed E-state index contributed by atoms with van der Waals surface area (Å²) in [6.45, 7) is 21.0. The first-order valence-corrected chi connectivity index (χ1v) is 17.6. The number of esters is 1. The molecule has 0 aromatic rings. The minimum atomic E-state index is -0.312. The van der Waals surface area contributed by atoms with Crippen LogP contribution in [-0.4, -0.2) is 35.7 Å². The molecule has 12 atom stereocenters. The number of aliphatic hydroxyl groups is 1. The number of fused-ring (bicyclic) bond motifs is 7. The Morgan fingerprint density at radius 2 is 1.63 bits per heavy atom. The van der Waals surface area contributed by atoms with Crippen LogP contribution in [-0.2, 0) is 14.3 Å². The number of carbonyl (C=O) groups is 2. The number of amides is 1. The first kappa shape index (κ1) is 31.4. The van der Waals surface area contributed by atoms with Crippen molar-refractivity contribution in [1.82, 2.24) is 5.32 Å². The van der Waals surface area contributed by atoms with Crippen molar-refractivity contribution < 1.29 is 19.4 Å². The fourth-order valence-corrected chi connectivity index (χ4v) is 13.3. The molecule has 0 radical (unpaired) electrons. The quantitative estimate of drug-likeness (QED) is 0.254. The fraction of sp³-hybridized carbons (Fsp3) is 0.842. The Bertz CT molecular complexity index is 1190. The van der Waals surface area contributed by atoms with Gasteiger partial charge in [-0.2, -0.15) is 0 Å². The van der Waals surface area contributed by atoms with Crippen molar-refractivity contribution in [2.75, 3.05) is 6.61 Å². The molecule has 6 aliphatic rings. The average molecular weight is 594 g/mol. The number of allylic oxidation sites excluding steroid dienone is 1. The van der Waals surface area contributed by atoms with Gasteiger partial charge in [0.05, 0.1) is 5.41 Å². The number of nitrogens with one attached hydrogen (secondary N) is 1. The Balaban J connectivity index is 1.31. The first-order valence-electron chi connectivity index (χ1n) is 17.6. The summed E-state index contributed by atoms with van der Waals surface area (Å²) in [5, 5.41) is 13.1. The van der Waals surface area contributed by atoms with Crippen molar-refractivity contribution in [3.8, 4) is 0 Å². The van der Waals surface area contributed by atoms with Crippen molar-refractivity contribution in [1.29, 1.82) is 0 Å². The molecule has 240 valence electrons. The van der Waals surface area contributed by atoms with Crippen LogP contribution in [0.25, 0.3) is 0 Å². The second kappa shape index (κ2) is 10.5. The Kier molecular flexibility index (Phi) is 7.63. The topological polar surface area (TPSA) is 75.6 Å². The summed E-state index contributed by atoms with van der Waals surface area (Å²) in [5.74, 6) is 2.74. The molecule has 43 heavy (non-hydrogen) atoms. The molecular formula is C38H59NO4. The largest absolute Gasteiger partial charge is 0.462 e. The summed E-state index contributed by atoms with van der Waals surface area (Å²) in [5.41, 5.74) is 1.56. The Morgan fingerprint density at radius 1 is 0.884 bits per heavy atom. The second-order valence-corrected chi connectivity index (χ2v) is 17.4. The maximum Gasteiger partial charge on any atom is 0.302 e. The van der Waals surface area contributed by atoms with Crippen molar-refractivity contribution in [2.24, 2.45) is 62.6 Å². The third-order valence-corrected chi connectivity index (χ3v) is 15.5. The molecule has 6 aliphatic carbocycles. The Labute approximate surface area is 261 Å². The third-order valence-electron chi connectivity index (χ3n) is 15.5. The van der Waals surface area contributed by atoms with Gasteiger partial charge in [-0.15, -0.1) is 0 Å². The molecule has 5 saturated carbocycles. The van der Waals surface area contributed by atoms with E-state index in [1.165, 1.54) is 31.3 Å². The van der Waals surface area contributed by atoms with Gasteiger partial charge in [-0.1, -0.05) is 58.9 Å².